The highest BCUT2D eigenvalue weighted by molar-refractivity contribution is 4.80. The molecule has 0 heterocycles. The second kappa shape index (κ2) is 4.60. The molecule has 0 aromatic carbocycles. The van der Waals surface area contributed by atoms with E-state index in [4.69, 9.17) is 10.8 Å². The van der Waals surface area contributed by atoms with E-state index in [9.17, 15) is 5.11 Å². The van der Waals surface area contributed by atoms with Crippen molar-refractivity contribution in [1.29, 1.82) is 0 Å². The summed E-state index contributed by atoms with van der Waals surface area (Å²) in [5.74, 6) is 0. The molecule has 4 N–H and O–H groups in total. The molecule has 0 radical (unpaired) electrons. The molecule has 0 amide bonds. The van der Waals surface area contributed by atoms with Crippen LogP contribution in [0.25, 0.3) is 0 Å². The zero-order valence-electron chi connectivity index (χ0n) is 10.0. The molecule has 0 aliphatic rings. The molecule has 3 nitrogen and oxygen atoms in total. The van der Waals surface area contributed by atoms with E-state index < -0.39 is 12.3 Å². The van der Waals surface area contributed by atoms with E-state index >= 15 is 0 Å². The van der Waals surface area contributed by atoms with Crippen LogP contribution in [0, 0.1) is 10.8 Å². The second-order valence-electron chi connectivity index (χ2n) is 6.16. The predicted molar refractivity (Wildman–Crippen MR) is 58.7 cm³/mol. The summed E-state index contributed by atoms with van der Waals surface area (Å²) < 4.78 is 0. The van der Waals surface area contributed by atoms with Crippen molar-refractivity contribution in [3.63, 3.8) is 0 Å². The van der Waals surface area contributed by atoms with Gasteiger partial charge in [0.1, 0.15) is 6.23 Å². The minimum atomic E-state index is -1.13. The SMILES string of the molecule is CC(C)(C)CC(C)(C)CC(O)C(N)O. The summed E-state index contributed by atoms with van der Waals surface area (Å²) in [6, 6.07) is 0. The highest BCUT2D eigenvalue weighted by atomic mass is 16.3. The molecule has 2 atom stereocenters. The Balaban J connectivity index is 4.20. The van der Waals surface area contributed by atoms with E-state index in [2.05, 4.69) is 34.6 Å². The van der Waals surface area contributed by atoms with Gasteiger partial charge in [-0.25, -0.2) is 0 Å². The fourth-order valence-corrected chi connectivity index (χ4v) is 2.19. The first-order chi connectivity index (χ1) is 6.03. The van der Waals surface area contributed by atoms with E-state index in [-0.39, 0.29) is 10.8 Å². The Morgan fingerprint density at radius 3 is 1.79 bits per heavy atom. The Hall–Kier alpha value is -0.120. The summed E-state index contributed by atoms with van der Waals surface area (Å²) in [7, 11) is 0. The predicted octanol–water partition coefficient (Wildman–Crippen LogP) is 1.48. The van der Waals surface area contributed by atoms with Gasteiger partial charge in [-0.05, 0) is 23.7 Å². The van der Waals surface area contributed by atoms with Crippen molar-refractivity contribution in [2.45, 2.75) is 59.8 Å². The van der Waals surface area contributed by atoms with Crippen molar-refractivity contribution in [1.82, 2.24) is 0 Å². The normalized spacial score (nSPS) is 18.0. The molecular weight excluding hydrogens is 178 g/mol. The fraction of sp³-hybridized carbons (Fsp3) is 1.00. The van der Waals surface area contributed by atoms with Crippen LogP contribution < -0.4 is 5.73 Å². The molecule has 0 rings (SSSR count). The van der Waals surface area contributed by atoms with E-state index in [0.717, 1.165) is 6.42 Å². The van der Waals surface area contributed by atoms with Crippen LogP contribution in [0.1, 0.15) is 47.5 Å². The summed E-state index contributed by atoms with van der Waals surface area (Å²) in [6.07, 6.45) is -0.437. The lowest BCUT2D eigenvalue weighted by atomic mass is 9.73. The van der Waals surface area contributed by atoms with Crippen molar-refractivity contribution < 1.29 is 10.2 Å². The number of aliphatic hydroxyl groups excluding tert-OH is 2. The quantitative estimate of drug-likeness (QED) is 0.606. The fourth-order valence-electron chi connectivity index (χ4n) is 2.19. The topological polar surface area (TPSA) is 66.5 Å². The Kier molecular flexibility index (Phi) is 4.56. The van der Waals surface area contributed by atoms with Gasteiger partial charge in [-0.15, -0.1) is 0 Å². The van der Waals surface area contributed by atoms with E-state index in [1.807, 2.05) is 0 Å². The molecule has 0 aliphatic heterocycles. The van der Waals surface area contributed by atoms with Gasteiger partial charge in [-0.1, -0.05) is 34.6 Å². The third kappa shape index (κ3) is 6.35. The molecule has 3 heteroatoms. The van der Waals surface area contributed by atoms with E-state index in [0.29, 0.717) is 6.42 Å². The zero-order chi connectivity index (χ0) is 11.6. The molecule has 2 unspecified atom stereocenters. The second-order valence-corrected chi connectivity index (χ2v) is 6.16. The summed E-state index contributed by atoms with van der Waals surface area (Å²) in [4.78, 5) is 0. The maximum Gasteiger partial charge on any atom is 0.128 e. The lowest BCUT2D eigenvalue weighted by molar-refractivity contribution is -0.00952. The molecule has 0 aromatic heterocycles. The minimum Gasteiger partial charge on any atom is -0.389 e. The van der Waals surface area contributed by atoms with Crippen LogP contribution in [-0.2, 0) is 0 Å². The van der Waals surface area contributed by atoms with Gasteiger partial charge < -0.3 is 15.9 Å². The van der Waals surface area contributed by atoms with Crippen molar-refractivity contribution in [3.8, 4) is 0 Å². The third-order valence-electron chi connectivity index (χ3n) is 2.16. The smallest absolute Gasteiger partial charge is 0.128 e. The molecule has 0 saturated heterocycles. The number of hydrogen-bond acceptors (Lipinski definition) is 3. The third-order valence-corrected chi connectivity index (χ3v) is 2.16. The number of hydrogen-bond donors (Lipinski definition) is 3. The monoisotopic (exact) mass is 203 g/mol. The van der Waals surface area contributed by atoms with Gasteiger partial charge in [0.25, 0.3) is 0 Å². The van der Waals surface area contributed by atoms with Crippen LogP contribution in [0.2, 0.25) is 0 Å². The van der Waals surface area contributed by atoms with Crippen LogP contribution in [0.4, 0.5) is 0 Å². The van der Waals surface area contributed by atoms with Gasteiger partial charge in [0.15, 0.2) is 0 Å². The standard InChI is InChI=1S/C11H25NO2/c1-10(2,3)7-11(4,5)6-8(13)9(12)14/h8-9,13-14H,6-7,12H2,1-5H3. The molecule has 0 aliphatic carbocycles. The highest BCUT2D eigenvalue weighted by Crippen LogP contribution is 2.36. The lowest BCUT2D eigenvalue weighted by Gasteiger charge is -2.34. The molecule has 14 heavy (non-hydrogen) atoms. The first-order valence-corrected chi connectivity index (χ1v) is 5.15. The number of rotatable bonds is 4. The van der Waals surface area contributed by atoms with Crippen LogP contribution in [0.5, 0.6) is 0 Å². The van der Waals surface area contributed by atoms with E-state index in [1.54, 1.807) is 0 Å². The van der Waals surface area contributed by atoms with Gasteiger partial charge >= 0.3 is 0 Å². The van der Waals surface area contributed by atoms with Gasteiger partial charge in [0.05, 0.1) is 6.10 Å². The summed E-state index contributed by atoms with van der Waals surface area (Å²) in [6.45, 7) is 10.7. The average molecular weight is 203 g/mol. The van der Waals surface area contributed by atoms with Crippen LogP contribution >= 0.6 is 0 Å². The minimum absolute atomic E-state index is 0.00197. The summed E-state index contributed by atoms with van der Waals surface area (Å²) in [5.41, 5.74) is 5.44. The molecule has 0 spiro atoms. The molecule has 0 saturated carbocycles. The number of nitrogens with two attached hydrogens (primary N) is 1. The maximum atomic E-state index is 9.48. The van der Waals surface area contributed by atoms with Gasteiger partial charge in [-0.3, -0.25) is 0 Å². The molecular formula is C11H25NO2. The van der Waals surface area contributed by atoms with Crippen molar-refractivity contribution in [2.75, 3.05) is 0 Å². The first kappa shape index (κ1) is 13.9. The van der Waals surface area contributed by atoms with Gasteiger partial charge in [0, 0.05) is 0 Å². The molecule has 86 valence electrons. The molecule has 0 fully saturated rings. The van der Waals surface area contributed by atoms with Gasteiger partial charge in [0.2, 0.25) is 0 Å². The van der Waals surface area contributed by atoms with Crippen LogP contribution in [0.15, 0.2) is 0 Å². The van der Waals surface area contributed by atoms with Gasteiger partial charge in [-0.2, -0.15) is 0 Å². The zero-order valence-corrected chi connectivity index (χ0v) is 10.0. The molecule has 0 bridgehead atoms. The largest absolute Gasteiger partial charge is 0.389 e. The average Bonchev–Trinajstić information content (AvgIpc) is 1.78. The van der Waals surface area contributed by atoms with Crippen LogP contribution in [0.3, 0.4) is 0 Å². The van der Waals surface area contributed by atoms with Crippen molar-refractivity contribution >= 4 is 0 Å². The highest BCUT2D eigenvalue weighted by Gasteiger charge is 2.29. The summed E-state index contributed by atoms with van der Waals surface area (Å²) in [5, 5.41) is 18.5. The lowest BCUT2D eigenvalue weighted by Crippen LogP contribution is -2.38. The maximum absolute atomic E-state index is 9.48. The molecule has 0 aromatic rings. The summed E-state index contributed by atoms with van der Waals surface area (Å²) >= 11 is 0. The van der Waals surface area contributed by atoms with Crippen molar-refractivity contribution in [3.05, 3.63) is 0 Å². The van der Waals surface area contributed by atoms with Crippen molar-refractivity contribution in [2.24, 2.45) is 16.6 Å². The van der Waals surface area contributed by atoms with E-state index in [1.165, 1.54) is 0 Å². The Morgan fingerprint density at radius 1 is 1.07 bits per heavy atom. The Morgan fingerprint density at radius 2 is 1.50 bits per heavy atom. The number of aliphatic hydroxyl groups is 2. The van der Waals surface area contributed by atoms with Crippen LogP contribution in [-0.4, -0.2) is 22.5 Å². The first-order valence-electron chi connectivity index (χ1n) is 5.15. The Bertz CT molecular complexity index is 171. The Labute approximate surface area is 87.3 Å².